The fraction of sp³-hybridized carbons (Fsp3) is 0.118. The second kappa shape index (κ2) is 5.44. The van der Waals surface area contributed by atoms with Gasteiger partial charge in [-0.25, -0.2) is 0 Å². The molecule has 0 aliphatic carbocycles. The highest BCUT2D eigenvalue weighted by atomic mass is 16.2. The van der Waals surface area contributed by atoms with Crippen molar-refractivity contribution in [3.63, 3.8) is 0 Å². The predicted octanol–water partition coefficient (Wildman–Crippen LogP) is 1.52. The molecular weight excluding hydrogens is 280 g/mol. The zero-order valence-electron chi connectivity index (χ0n) is 11.9. The van der Waals surface area contributed by atoms with Crippen LogP contribution in [0.5, 0.6) is 0 Å². The summed E-state index contributed by atoms with van der Waals surface area (Å²) in [4.78, 5) is 37.6. The van der Waals surface area contributed by atoms with E-state index in [1.807, 2.05) is 24.3 Å². The summed E-state index contributed by atoms with van der Waals surface area (Å²) in [5, 5.41) is 0. The third-order valence-corrected chi connectivity index (χ3v) is 3.60. The number of imide groups is 1. The Hall–Kier alpha value is -2.95. The van der Waals surface area contributed by atoms with Crippen LogP contribution in [0.4, 0.5) is 0 Å². The maximum atomic E-state index is 11.7. The molecule has 0 saturated heterocycles. The van der Waals surface area contributed by atoms with Crippen LogP contribution in [0.1, 0.15) is 11.1 Å². The first kappa shape index (κ1) is 14.0. The number of carbonyl (C=O) groups excluding carboxylic acids is 3. The number of nitrogens with zero attached hydrogens (tertiary/aromatic N) is 2. The van der Waals surface area contributed by atoms with Crippen LogP contribution in [-0.4, -0.2) is 27.5 Å². The van der Waals surface area contributed by atoms with E-state index in [1.54, 1.807) is 11.0 Å². The maximum Gasteiger partial charge on any atom is 0.253 e. The van der Waals surface area contributed by atoms with E-state index in [4.69, 9.17) is 0 Å². The lowest BCUT2D eigenvalue weighted by atomic mass is 10.1. The number of amides is 3. The molecule has 2 aliphatic heterocycles. The second-order valence-corrected chi connectivity index (χ2v) is 5.16. The smallest absolute Gasteiger partial charge is 0.253 e. The van der Waals surface area contributed by atoms with Gasteiger partial charge in [-0.2, -0.15) is 0 Å². The van der Waals surface area contributed by atoms with Gasteiger partial charge in [0.25, 0.3) is 17.7 Å². The van der Waals surface area contributed by atoms with Crippen molar-refractivity contribution in [2.45, 2.75) is 13.1 Å². The van der Waals surface area contributed by atoms with Gasteiger partial charge in [-0.3, -0.25) is 19.3 Å². The predicted molar refractivity (Wildman–Crippen MR) is 80.0 cm³/mol. The molecule has 0 bridgehead atoms. The van der Waals surface area contributed by atoms with Crippen LogP contribution in [0, 0.1) is 0 Å². The van der Waals surface area contributed by atoms with Gasteiger partial charge in [-0.05, 0) is 17.2 Å². The molecule has 0 saturated carbocycles. The van der Waals surface area contributed by atoms with Crippen LogP contribution in [-0.2, 0) is 27.5 Å². The van der Waals surface area contributed by atoms with Crippen molar-refractivity contribution in [3.05, 3.63) is 72.0 Å². The Bertz CT molecular complexity index is 651. The molecule has 0 aromatic heterocycles. The van der Waals surface area contributed by atoms with Crippen LogP contribution < -0.4 is 0 Å². The number of benzene rings is 1. The van der Waals surface area contributed by atoms with Crippen molar-refractivity contribution in [2.24, 2.45) is 0 Å². The lowest BCUT2D eigenvalue weighted by molar-refractivity contribution is -0.137. The van der Waals surface area contributed by atoms with Crippen LogP contribution in [0.3, 0.4) is 0 Å². The maximum absolute atomic E-state index is 11.7. The van der Waals surface area contributed by atoms with Crippen LogP contribution in [0.25, 0.3) is 0 Å². The first-order valence-corrected chi connectivity index (χ1v) is 6.84. The van der Waals surface area contributed by atoms with Gasteiger partial charge >= 0.3 is 0 Å². The molecule has 0 fully saturated rings. The molecule has 0 unspecified atom stereocenters. The first-order chi connectivity index (χ1) is 10.5. The summed E-state index contributed by atoms with van der Waals surface area (Å²) in [5.74, 6) is -0.699. The van der Waals surface area contributed by atoms with Gasteiger partial charge < -0.3 is 4.90 Å². The molecule has 22 heavy (non-hydrogen) atoms. The number of hydrogen-bond donors (Lipinski definition) is 0. The lowest BCUT2D eigenvalue weighted by Crippen LogP contribution is -2.29. The van der Waals surface area contributed by atoms with E-state index in [0.717, 1.165) is 11.1 Å². The Morgan fingerprint density at radius 2 is 1.27 bits per heavy atom. The van der Waals surface area contributed by atoms with Gasteiger partial charge in [0.05, 0.1) is 13.1 Å². The number of carbonyl (C=O) groups is 3. The van der Waals surface area contributed by atoms with Crippen LogP contribution >= 0.6 is 0 Å². The molecule has 0 atom stereocenters. The summed E-state index contributed by atoms with van der Waals surface area (Å²) in [7, 11) is 0. The molecule has 1 aromatic carbocycles. The van der Waals surface area contributed by atoms with Crippen LogP contribution in [0.15, 0.2) is 60.8 Å². The molecule has 0 spiro atoms. The summed E-state index contributed by atoms with van der Waals surface area (Å²) in [6, 6.07) is 7.48. The SMILES string of the molecule is C=C1C=CC(=O)N1Cc1cccc(CN2C(=O)C=CC2=O)c1. The van der Waals surface area contributed by atoms with Gasteiger partial charge in [-0.1, -0.05) is 30.8 Å². The molecule has 110 valence electrons. The number of rotatable bonds is 4. The lowest BCUT2D eigenvalue weighted by Gasteiger charge is -2.18. The van der Waals surface area contributed by atoms with Crippen molar-refractivity contribution in [2.75, 3.05) is 0 Å². The normalized spacial score (nSPS) is 17.3. The summed E-state index contributed by atoms with van der Waals surface area (Å²) in [6.45, 7) is 4.46. The Morgan fingerprint density at radius 1 is 0.773 bits per heavy atom. The fourth-order valence-corrected chi connectivity index (χ4v) is 2.45. The quantitative estimate of drug-likeness (QED) is 0.791. The Labute approximate surface area is 127 Å². The van der Waals surface area contributed by atoms with Crippen molar-refractivity contribution in [3.8, 4) is 0 Å². The molecule has 5 heteroatoms. The van der Waals surface area contributed by atoms with Gasteiger partial charge in [0, 0.05) is 23.9 Å². The average Bonchev–Trinajstić information content (AvgIpc) is 2.98. The van der Waals surface area contributed by atoms with Crippen molar-refractivity contribution in [1.29, 1.82) is 0 Å². The van der Waals surface area contributed by atoms with Gasteiger partial charge in [0.2, 0.25) is 0 Å². The third-order valence-electron chi connectivity index (χ3n) is 3.60. The molecule has 1 aromatic rings. The highest BCUT2D eigenvalue weighted by Gasteiger charge is 2.23. The van der Waals surface area contributed by atoms with E-state index >= 15 is 0 Å². The van der Waals surface area contributed by atoms with Crippen molar-refractivity contribution < 1.29 is 14.4 Å². The summed E-state index contributed by atoms with van der Waals surface area (Å²) >= 11 is 0. The second-order valence-electron chi connectivity index (χ2n) is 5.16. The number of allylic oxidation sites excluding steroid dienone is 1. The summed E-state index contributed by atoms with van der Waals surface area (Å²) in [6.07, 6.45) is 5.70. The van der Waals surface area contributed by atoms with Crippen LogP contribution in [0.2, 0.25) is 0 Å². The zero-order chi connectivity index (χ0) is 15.7. The Morgan fingerprint density at radius 3 is 1.82 bits per heavy atom. The molecular formula is C17H14N2O3. The minimum absolute atomic E-state index is 0.0931. The summed E-state index contributed by atoms with van der Waals surface area (Å²) in [5.41, 5.74) is 2.42. The Kier molecular flexibility index (Phi) is 3.47. The molecule has 2 heterocycles. The zero-order valence-corrected chi connectivity index (χ0v) is 11.9. The highest BCUT2D eigenvalue weighted by Crippen LogP contribution is 2.19. The van der Waals surface area contributed by atoms with E-state index in [9.17, 15) is 14.4 Å². The van der Waals surface area contributed by atoms with Gasteiger partial charge in [0.15, 0.2) is 0 Å². The largest absolute Gasteiger partial charge is 0.305 e. The van der Waals surface area contributed by atoms with E-state index in [-0.39, 0.29) is 24.3 Å². The summed E-state index contributed by atoms with van der Waals surface area (Å²) < 4.78 is 0. The van der Waals surface area contributed by atoms with Crippen molar-refractivity contribution in [1.82, 2.24) is 9.80 Å². The molecule has 5 nitrogen and oxygen atoms in total. The minimum Gasteiger partial charge on any atom is -0.305 e. The molecule has 2 aliphatic rings. The van der Waals surface area contributed by atoms with E-state index < -0.39 is 0 Å². The average molecular weight is 294 g/mol. The van der Waals surface area contributed by atoms with Gasteiger partial charge in [-0.15, -0.1) is 0 Å². The topological polar surface area (TPSA) is 57.7 Å². The van der Waals surface area contributed by atoms with E-state index in [2.05, 4.69) is 6.58 Å². The molecule has 0 radical (unpaired) electrons. The number of hydrogen-bond acceptors (Lipinski definition) is 3. The fourth-order valence-electron chi connectivity index (χ4n) is 2.45. The Balaban J connectivity index is 1.73. The standard InChI is InChI=1S/C17H14N2O3/c1-12-5-6-15(20)18(12)10-13-3-2-4-14(9-13)11-19-16(21)7-8-17(19)22/h2-9H,1,10-11H2. The minimum atomic E-state index is -0.303. The molecule has 0 N–H and O–H groups in total. The van der Waals surface area contributed by atoms with Crippen molar-refractivity contribution >= 4 is 17.7 Å². The van der Waals surface area contributed by atoms with Gasteiger partial charge in [0.1, 0.15) is 0 Å². The highest BCUT2D eigenvalue weighted by molar-refractivity contribution is 6.12. The third kappa shape index (κ3) is 2.61. The molecule has 3 amide bonds. The van der Waals surface area contributed by atoms with E-state index in [1.165, 1.54) is 23.1 Å². The monoisotopic (exact) mass is 294 g/mol. The molecule has 3 rings (SSSR count). The first-order valence-electron chi connectivity index (χ1n) is 6.84. The van der Waals surface area contributed by atoms with E-state index in [0.29, 0.717) is 12.2 Å².